The van der Waals surface area contributed by atoms with Gasteiger partial charge in [0, 0.05) is 19.1 Å². The summed E-state index contributed by atoms with van der Waals surface area (Å²) in [6.07, 6.45) is 2.17. The van der Waals surface area contributed by atoms with Gasteiger partial charge < -0.3 is 15.0 Å². The number of likely N-dealkylation sites (tertiary alicyclic amines) is 1. The Morgan fingerprint density at radius 3 is 2.75 bits per heavy atom. The maximum atomic E-state index is 12.1. The molecule has 1 N–H and O–H groups in total. The number of hydrogen-bond donors (Lipinski definition) is 1. The van der Waals surface area contributed by atoms with E-state index in [-0.39, 0.29) is 24.9 Å². The molecule has 1 saturated heterocycles. The van der Waals surface area contributed by atoms with E-state index in [1.54, 1.807) is 0 Å². The molecule has 112 valence electrons. The summed E-state index contributed by atoms with van der Waals surface area (Å²) in [5.41, 5.74) is 1.19. The molecule has 4 nitrogen and oxygen atoms in total. The maximum Gasteiger partial charge on any atom is 0.260 e. The van der Waals surface area contributed by atoms with E-state index in [9.17, 15) is 4.79 Å². The highest BCUT2D eigenvalue weighted by molar-refractivity contribution is 5.85. The van der Waals surface area contributed by atoms with Gasteiger partial charge in [0.1, 0.15) is 5.75 Å². The van der Waals surface area contributed by atoms with Crippen molar-refractivity contribution in [3.63, 3.8) is 0 Å². The molecular formula is C15H23ClN2O2. The number of carbonyl (C=O) groups excluding carboxylic acids is 1. The van der Waals surface area contributed by atoms with Crippen LogP contribution >= 0.6 is 12.4 Å². The van der Waals surface area contributed by atoms with E-state index in [1.807, 2.05) is 43.1 Å². The number of amides is 1. The van der Waals surface area contributed by atoms with Gasteiger partial charge in [-0.25, -0.2) is 0 Å². The van der Waals surface area contributed by atoms with Crippen molar-refractivity contribution in [3.8, 4) is 5.75 Å². The van der Waals surface area contributed by atoms with Crippen LogP contribution in [-0.2, 0) is 4.79 Å². The van der Waals surface area contributed by atoms with E-state index in [0.717, 1.165) is 31.7 Å². The van der Waals surface area contributed by atoms with Crippen LogP contribution < -0.4 is 10.1 Å². The van der Waals surface area contributed by atoms with Crippen molar-refractivity contribution >= 4 is 18.3 Å². The summed E-state index contributed by atoms with van der Waals surface area (Å²) in [7, 11) is 1.92. The molecule has 1 aromatic rings. The summed E-state index contributed by atoms with van der Waals surface area (Å²) in [6.45, 7) is 3.86. The molecule has 1 aliphatic rings. The Labute approximate surface area is 126 Å². The van der Waals surface area contributed by atoms with Gasteiger partial charge in [0.2, 0.25) is 0 Å². The Morgan fingerprint density at radius 2 is 2.10 bits per heavy atom. The number of rotatable bonds is 5. The highest BCUT2D eigenvalue weighted by Gasteiger charge is 2.28. The number of aryl methyl sites for hydroxylation is 1. The molecule has 5 heteroatoms. The second-order valence-electron chi connectivity index (χ2n) is 5.04. The first-order valence-electron chi connectivity index (χ1n) is 6.84. The third kappa shape index (κ3) is 4.39. The first-order chi connectivity index (χ1) is 9.20. The molecule has 0 aliphatic carbocycles. The third-order valence-electron chi connectivity index (χ3n) is 3.52. The molecule has 1 fully saturated rings. The number of halogens is 1. The highest BCUT2D eigenvalue weighted by Crippen LogP contribution is 2.17. The number of ether oxygens (including phenoxy) is 1. The zero-order chi connectivity index (χ0) is 13.7. The molecule has 20 heavy (non-hydrogen) atoms. The fraction of sp³-hybridized carbons (Fsp3) is 0.533. The van der Waals surface area contributed by atoms with Crippen LogP contribution in [-0.4, -0.2) is 43.6 Å². The first-order valence-corrected chi connectivity index (χ1v) is 6.84. The third-order valence-corrected chi connectivity index (χ3v) is 3.52. The summed E-state index contributed by atoms with van der Waals surface area (Å²) in [6, 6.07) is 8.09. The lowest BCUT2D eigenvalue weighted by Crippen LogP contribution is -2.43. The van der Waals surface area contributed by atoms with Gasteiger partial charge >= 0.3 is 0 Å². The van der Waals surface area contributed by atoms with Crippen LogP contribution in [0.3, 0.4) is 0 Å². The molecule has 2 rings (SSSR count). The Balaban J connectivity index is 0.00000200. The van der Waals surface area contributed by atoms with E-state index >= 15 is 0 Å². The molecule has 1 aliphatic heterocycles. The molecule has 1 heterocycles. The number of nitrogens with zero attached hydrogens (tertiary/aromatic N) is 1. The molecule has 0 saturated carbocycles. The van der Waals surface area contributed by atoms with Gasteiger partial charge in [-0.05, 0) is 38.9 Å². The summed E-state index contributed by atoms with van der Waals surface area (Å²) >= 11 is 0. The van der Waals surface area contributed by atoms with Crippen molar-refractivity contribution in [2.45, 2.75) is 25.8 Å². The minimum atomic E-state index is 0. The van der Waals surface area contributed by atoms with Crippen LogP contribution in [0.2, 0.25) is 0 Å². The van der Waals surface area contributed by atoms with E-state index < -0.39 is 0 Å². The van der Waals surface area contributed by atoms with Crippen LogP contribution in [0.1, 0.15) is 18.4 Å². The molecular weight excluding hydrogens is 276 g/mol. The summed E-state index contributed by atoms with van der Waals surface area (Å²) in [5.74, 6) is 0.835. The van der Waals surface area contributed by atoms with E-state index in [2.05, 4.69) is 5.32 Å². The minimum Gasteiger partial charge on any atom is -0.484 e. The SMILES string of the molecule is CNCC1CCCN1C(=O)COc1ccc(C)cc1.Cl. The number of likely N-dealkylation sites (N-methyl/N-ethyl adjacent to an activating group) is 1. The summed E-state index contributed by atoms with van der Waals surface area (Å²) in [5, 5.41) is 3.14. The van der Waals surface area contributed by atoms with E-state index in [0.29, 0.717) is 6.04 Å². The summed E-state index contributed by atoms with van der Waals surface area (Å²) < 4.78 is 5.55. The maximum absolute atomic E-state index is 12.1. The lowest BCUT2D eigenvalue weighted by atomic mass is 10.2. The van der Waals surface area contributed by atoms with Crippen LogP contribution in [0.25, 0.3) is 0 Å². The number of nitrogens with one attached hydrogen (secondary N) is 1. The van der Waals surface area contributed by atoms with Gasteiger partial charge in [0.15, 0.2) is 6.61 Å². The molecule has 1 unspecified atom stereocenters. The Morgan fingerprint density at radius 1 is 1.40 bits per heavy atom. The Hall–Kier alpha value is -1.26. The number of carbonyl (C=O) groups is 1. The molecule has 0 spiro atoms. The number of benzene rings is 1. The second-order valence-corrected chi connectivity index (χ2v) is 5.04. The first kappa shape index (κ1) is 16.8. The normalized spacial score (nSPS) is 17.7. The van der Waals surface area contributed by atoms with Gasteiger partial charge in [0.05, 0.1) is 0 Å². The molecule has 0 radical (unpaired) electrons. The Bertz CT molecular complexity index is 422. The molecule has 1 aromatic carbocycles. The standard InChI is InChI=1S/C15H22N2O2.ClH/c1-12-5-7-14(8-6-12)19-11-15(18)17-9-3-4-13(17)10-16-2;/h5-8,13,16H,3-4,9-11H2,1-2H3;1H. The molecule has 0 aromatic heterocycles. The van der Waals surface area contributed by atoms with Gasteiger partial charge in [-0.15, -0.1) is 12.4 Å². The van der Waals surface area contributed by atoms with Gasteiger partial charge in [-0.2, -0.15) is 0 Å². The fourth-order valence-corrected chi connectivity index (χ4v) is 2.47. The molecule has 0 bridgehead atoms. The van der Waals surface area contributed by atoms with E-state index in [4.69, 9.17) is 4.74 Å². The zero-order valence-corrected chi connectivity index (χ0v) is 12.9. The molecule has 1 atom stereocenters. The van der Waals surface area contributed by atoms with Gasteiger partial charge in [0.25, 0.3) is 5.91 Å². The predicted octanol–water partition coefficient (Wildman–Crippen LogP) is 2.01. The lowest BCUT2D eigenvalue weighted by molar-refractivity contribution is -0.134. The van der Waals surface area contributed by atoms with Crippen LogP contribution in [0.5, 0.6) is 5.75 Å². The predicted molar refractivity (Wildman–Crippen MR) is 82.6 cm³/mol. The Kier molecular flexibility index (Phi) is 6.82. The summed E-state index contributed by atoms with van der Waals surface area (Å²) in [4.78, 5) is 14.1. The monoisotopic (exact) mass is 298 g/mol. The van der Waals surface area contributed by atoms with Gasteiger partial charge in [-0.1, -0.05) is 17.7 Å². The van der Waals surface area contributed by atoms with Crippen LogP contribution in [0.15, 0.2) is 24.3 Å². The largest absolute Gasteiger partial charge is 0.484 e. The minimum absolute atomic E-state index is 0. The van der Waals surface area contributed by atoms with Crippen molar-refractivity contribution < 1.29 is 9.53 Å². The van der Waals surface area contributed by atoms with Crippen molar-refractivity contribution in [1.82, 2.24) is 10.2 Å². The topological polar surface area (TPSA) is 41.6 Å². The number of hydrogen-bond acceptors (Lipinski definition) is 3. The van der Waals surface area contributed by atoms with Crippen molar-refractivity contribution in [1.29, 1.82) is 0 Å². The van der Waals surface area contributed by atoms with Crippen LogP contribution in [0, 0.1) is 6.92 Å². The highest BCUT2D eigenvalue weighted by atomic mass is 35.5. The van der Waals surface area contributed by atoms with Gasteiger partial charge in [-0.3, -0.25) is 4.79 Å². The molecule has 1 amide bonds. The van der Waals surface area contributed by atoms with Crippen molar-refractivity contribution in [3.05, 3.63) is 29.8 Å². The average Bonchev–Trinajstić information content (AvgIpc) is 2.86. The van der Waals surface area contributed by atoms with E-state index in [1.165, 1.54) is 5.56 Å². The van der Waals surface area contributed by atoms with Crippen molar-refractivity contribution in [2.24, 2.45) is 0 Å². The second kappa shape index (κ2) is 8.12. The average molecular weight is 299 g/mol. The fourth-order valence-electron chi connectivity index (χ4n) is 2.47. The van der Waals surface area contributed by atoms with Crippen molar-refractivity contribution in [2.75, 3.05) is 26.7 Å². The zero-order valence-electron chi connectivity index (χ0n) is 12.1. The quantitative estimate of drug-likeness (QED) is 0.904. The smallest absolute Gasteiger partial charge is 0.260 e. The lowest BCUT2D eigenvalue weighted by Gasteiger charge is -2.24. The van der Waals surface area contributed by atoms with Crippen LogP contribution in [0.4, 0.5) is 0 Å².